The van der Waals surface area contributed by atoms with E-state index in [0.29, 0.717) is 63.0 Å². The fourth-order valence-electron chi connectivity index (χ4n) is 17.1. The van der Waals surface area contributed by atoms with Crippen molar-refractivity contribution in [1.82, 2.24) is 18.9 Å². The molecule has 0 bridgehead atoms. The summed E-state index contributed by atoms with van der Waals surface area (Å²) >= 11 is 23.7. The lowest BCUT2D eigenvalue weighted by Gasteiger charge is -2.35. The maximum Gasteiger partial charge on any atom is 0.270 e. The maximum atomic E-state index is 14.5. The Morgan fingerprint density at radius 3 is 0.955 bits per heavy atom. The molecule has 5 aromatic carbocycles. The molecular formula is C94H98N4O4S10. The van der Waals surface area contributed by atoms with Crippen molar-refractivity contribution in [1.29, 1.82) is 0 Å². The Hall–Kier alpha value is -6.94. The van der Waals surface area contributed by atoms with Crippen molar-refractivity contribution >= 4 is 158 Å². The Morgan fingerprint density at radius 1 is 0.348 bits per heavy atom. The lowest BCUT2D eigenvalue weighted by molar-refractivity contribution is -0.121. The third-order valence-electron chi connectivity index (χ3n) is 23.0. The molecule has 2 amide bonds. The van der Waals surface area contributed by atoms with Crippen molar-refractivity contribution in [2.24, 2.45) is 0 Å². The van der Waals surface area contributed by atoms with Crippen molar-refractivity contribution in [3.8, 4) is 20.9 Å². The number of thiazole rings is 2. The first-order valence-corrected chi connectivity index (χ1v) is 48.0. The van der Waals surface area contributed by atoms with Crippen molar-refractivity contribution in [2.75, 3.05) is 13.1 Å². The molecule has 0 unspecified atom stereocenters. The minimum Gasteiger partial charge on any atom is -0.298 e. The normalized spacial score (nSPS) is 16.8. The Labute approximate surface area is 701 Å². The zero-order valence-electron chi connectivity index (χ0n) is 65.5. The number of rotatable bonds is 30. The van der Waals surface area contributed by atoms with Crippen LogP contribution in [0, 0.1) is 18.1 Å². The molecule has 0 radical (unpaired) electrons. The lowest BCUT2D eigenvalue weighted by atomic mass is 9.65. The van der Waals surface area contributed by atoms with Crippen LogP contribution in [0.25, 0.3) is 42.8 Å². The molecule has 8 heterocycles. The van der Waals surface area contributed by atoms with E-state index >= 15 is 0 Å². The first-order valence-electron chi connectivity index (χ1n) is 40.7. The number of carbonyl (C=O) groups excluding carboxylic acids is 2. The summed E-state index contributed by atoms with van der Waals surface area (Å²) in [5.41, 5.74) is 16.4. The Morgan fingerprint density at radius 2 is 0.670 bits per heavy atom. The summed E-state index contributed by atoms with van der Waals surface area (Å²) in [5, 5.41) is 0. The Balaban J connectivity index is 0.982. The van der Waals surface area contributed by atoms with Gasteiger partial charge in [-0.1, -0.05) is 250 Å². The van der Waals surface area contributed by atoms with Gasteiger partial charge in [0.1, 0.15) is 36.8 Å². The van der Waals surface area contributed by atoms with Gasteiger partial charge in [-0.3, -0.25) is 38.1 Å². The smallest absolute Gasteiger partial charge is 0.270 e. The highest BCUT2D eigenvalue weighted by atomic mass is 32.2. The highest BCUT2D eigenvalue weighted by molar-refractivity contribution is 8.30. The number of benzene rings is 5. The number of thioether (sulfide) groups is 2. The van der Waals surface area contributed by atoms with Gasteiger partial charge in [-0.15, -0.1) is 68.0 Å². The zero-order valence-corrected chi connectivity index (χ0v) is 73.7. The van der Waals surface area contributed by atoms with Crippen LogP contribution in [-0.2, 0) is 59.2 Å². The van der Waals surface area contributed by atoms with E-state index in [1.165, 1.54) is 211 Å². The molecule has 15 rings (SSSR count). The second kappa shape index (κ2) is 35.3. The van der Waals surface area contributed by atoms with E-state index in [2.05, 4.69) is 185 Å². The third-order valence-corrected chi connectivity index (χ3v) is 33.1. The van der Waals surface area contributed by atoms with Gasteiger partial charge in [0.25, 0.3) is 22.9 Å². The van der Waals surface area contributed by atoms with Crippen molar-refractivity contribution in [2.45, 2.75) is 208 Å². The summed E-state index contributed by atoms with van der Waals surface area (Å²) < 4.78 is 11.0. The van der Waals surface area contributed by atoms with Crippen LogP contribution in [-0.4, -0.2) is 52.5 Å². The minimum atomic E-state index is -0.739. The molecule has 0 spiro atoms. The molecule has 0 saturated carbocycles. The van der Waals surface area contributed by atoms with Gasteiger partial charge in [0, 0.05) is 54.8 Å². The number of nitrogens with zero attached hydrogens (tertiary/aromatic N) is 4. The van der Waals surface area contributed by atoms with E-state index in [1.807, 2.05) is 50.4 Å². The van der Waals surface area contributed by atoms with E-state index in [1.54, 1.807) is 41.6 Å². The molecule has 0 N–H and O–H groups in total. The predicted molar refractivity (Wildman–Crippen MR) is 488 cm³/mol. The second-order valence-corrected chi connectivity index (χ2v) is 39.7. The molecule has 8 nitrogen and oxygen atoms in total. The van der Waals surface area contributed by atoms with Crippen LogP contribution in [0.15, 0.2) is 155 Å². The number of fused-ring (bicyclic) bond motifs is 6. The van der Waals surface area contributed by atoms with Crippen LogP contribution < -0.4 is 29.5 Å². The number of aromatic nitrogens is 2. The SMILES string of the molecule is CCCCCCc1ccc(C2(c3ccc(CCCCCC)cc3)c3cc4c(cc3-c3sc(/C=c5\cc/c(=c6\s/c(=C7/SC(=S)N(CC)C7=O)n(CC)c6=O)s5)cc32)C(c2ccc(CCCCCC)cc2)(c2ccc(CCCCCC)cc2)c2cc(/C=c3\cc/c(=c5\s/c(=C6/SC(=S)N(CC)C6=O)n(CC)c5=O)s3)sc2-4)cc1. The molecule has 2 aliphatic carbocycles. The summed E-state index contributed by atoms with van der Waals surface area (Å²) in [4.78, 5) is 65.7. The molecule has 578 valence electrons. The molecule has 0 atom stereocenters. The zero-order chi connectivity index (χ0) is 78.0. The number of carbonyl (C=O) groups is 2. The van der Waals surface area contributed by atoms with Crippen molar-refractivity contribution in [3.63, 3.8) is 0 Å². The summed E-state index contributed by atoms with van der Waals surface area (Å²) in [6.45, 7) is 18.8. The van der Waals surface area contributed by atoms with Gasteiger partial charge in [0.2, 0.25) is 0 Å². The molecule has 2 fully saturated rings. The van der Waals surface area contributed by atoms with Gasteiger partial charge >= 0.3 is 0 Å². The molecule has 112 heavy (non-hydrogen) atoms. The molecule has 2 saturated heterocycles. The Bertz CT molecular complexity index is 5520. The minimum absolute atomic E-state index is 0.0872. The van der Waals surface area contributed by atoms with Crippen molar-refractivity contribution < 1.29 is 9.59 Å². The van der Waals surface area contributed by atoms with Gasteiger partial charge < -0.3 is 0 Å². The van der Waals surface area contributed by atoms with E-state index in [4.69, 9.17) is 24.4 Å². The predicted octanol–water partition coefficient (Wildman–Crippen LogP) is 21.8. The largest absolute Gasteiger partial charge is 0.298 e. The van der Waals surface area contributed by atoms with Gasteiger partial charge in [-0.05, 0) is 218 Å². The maximum absolute atomic E-state index is 14.5. The number of unbranched alkanes of at least 4 members (excludes halogenated alkanes) is 12. The van der Waals surface area contributed by atoms with Gasteiger partial charge in [0.15, 0.2) is 0 Å². The van der Waals surface area contributed by atoms with Crippen LogP contribution in [0.4, 0.5) is 0 Å². The number of hydrogen-bond acceptors (Lipinski definition) is 14. The van der Waals surface area contributed by atoms with E-state index < -0.39 is 10.8 Å². The molecule has 11 aromatic rings. The van der Waals surface area contributed by atoms with Gasteiger partial charge in [0.05, 0.1) is 19.9 Å². The van der Waals surface area contributed by atoms with E-state index in [9.17, 15) is 19.2 Å². The van der Waals surface area contributed by atoms with E-state index in [0.717, 1.165) is 79.3 Å². The topological polar surface area (TPSA) is 84.6 Å². The number of thiophene rings is 4. The van der Waals surface area contributed by atoms with Crippen LogP contribution >= 0.6 is 116 Å². The summed E-state index contributed by atoms with van der Waals surface area (Å²) in [5.74, 6) is -0.273. The highest BCUT2D eigenvalue weighted by Crippen LogP contribution is 2.65. The molecule has 4 aliphatic rings. The monoisotopic (exact) mass is 1670 g/mol. The number of thiocarbonyl (C=S) groups is 2. The average molecular weight is 1670 g/mol. The molecule has 18 heteroatoms. The van der Waals surface area contributed by atoms with Gasteiger partial charge in [-0.25, -0.2) is 0 Å². The molecular weight excluding hydrogens is 1570 g/mol. The highest BCUT2D eigenvalue weighted by Gasteiger charge is 2.53. The van der Waals surface area contributed by atoms with Crippen molar-refractivity contribution in [3.05, 3.63) is 279 Å². The third kappa shape index (κ3) is 15.1. The van der Waals surface area contributed by atoms with Crippen LogP contribution in [0.2, 0.25) is 0 Å². The van der Waals surface area contributed by atoms with E-state index in [-0.39, 0.29) is 22.9 Å². The van der Waals surface area contributed by atoms with Crippen LogP contribution in [0.1, 0.15) is 235 Å². The standard InChI is InChI=1S/C94H98N4O4S10/c1-9-17-21-25-29-59-33-41-63(42-34-59)93(64-43-35-60(36-44-64)30-26-22-18-10-2)73-57-72-74(58-71(73)79-75(93)55-69(107-79)53-67-49-51-77(105-67)81-85(99)95(13-5)89(109-81)83-87(101)97(15-7)91(103)111-83)94(65-45-37-61(38-46-65)31-27-23-19-11-3,66-47-39-62(40-48-66)32-28-24-20-12-4)76-56-70(108-80(72)76)54-68-50-52-78(106-68)82-86(100)96(14-6)90(110-82)84-88(102)98(16-8)92(104)112-84/h33-58H,9-32H2,1-8H3/b67-53+,68-54+,81-77+,82-78+,89-83+,90-84+. The first kappa shape index (κ1) is 80.3. The quantitative estimate of drug-likeness (QED) is 0.0325. The number of hydrogen-bond donors (Lipinski definition) is 0. The number of aryl methyl sites for hydroxylation is 4. The number of amides is 2. The van der Waals surface area contributed by atoms with Crippen LogP contribution in [0.3, 0.4) is 0 Å². The Kier molecular flexibility index (Phi) is 25.3. The van der Waals surface area contributed by atoms with Crippen LogP contribution in [0.5, 0.6) is 0 Å². The lowest BCUT2D eigenvalue weighted by Crippen LogP contribution is -2.31. The van der Waals surface area contributed by atoms with Gasteiger partial charge in [-0.2, -0.15) is 0 Å². The second-order valence-electron chi connectivity index (χ2n) is 30.0. The summed E-state index contributed by atoms with van der Waals surface area (Å²) in [7, 11) is 0. The fourth-order valence-corrected chi connectivity index (χ4v) is 27.3. The summed E-state index contributed by atoms with van der Waals surface area (Å²) in [6, 6.07) is 57.8. The molecule has 2 aliphatic heterocycles. The fraction of sp³-hybridized carbons (Fsp3) is 0.362. The summed E-state index contributed by atoms with van der Waals surface area (Å²) in [6.07, 6.45) is 28.0. The molecule has 6 aromatic heterocycles. The first-order chi connectivity index (χ1) is 54.6. The average Bonchev–Trinajstić information content (AvgIpc) is 1.50.